The Balaban J connectivity index is 1.66. The summed E-state index contributed by atoms with van der Waals surface area (Å²) in [6.07, 6.45) is 1.69. The highest BCUT2D eigenvalue weighted by molar-refractivity contribution is 7.99. The number of carbonyl (C=O) groups excluding carboxylic acids is 1. The number of hydrogen-bond donors (Lipinski definition) is 2. The molecule has 0 radical (unpaired) electrons. The molecule has 0 saturated heterocycles. The summed E-state index contributed by atoms with van der Waals surface area (Å²) < 4.78 is 0. The fraction of sp³-hybridized carbons (Fsp3) is 0.188. The molecule has 3 rings (SSSR count). The second-order valence-corrected chi connectivity index (χ2v) is 6.56. The van der Waals surface area contributed by atoms with E-state index in [1.165, 1.54) is 11.8 Å². The molecule has 0 spiro atoms. The number of anilines is 1. The van der Waals surface area contributed by atoms with E-state index in [0.717, 1.165) is 16.6 Å². The number of rotatable bonds is 4. The Hall–Kier alpha value is -2.05. The Bertz CT molecular complexity index is 821. The van der Waals surface area contributed by atoms with Gasteiger partial charge in [0.1, 0.15) is 0 Å². The lowest BCUT2D eigenvalue weighted by atomic mass is 10.1. The average Bonchev–Trinajstić information content (AvgIpc) is 2.91. The van der Waals surface area contributed by atoms with Crippen molar-refractivity contribution in [1.29, 1.82) is 0 Å². The zero-order valence-corrected chi connectivity index (χ0v) is 14.3. The van der Waals surface area contributed by atoms with Crippen LogP contribution in [0.1, 0.15) is 11.1 Å². The van der Waals surface area contributed by atoms with Crippen LogP contribution in [0.5, 0.6) is 0 Å². The van der Waals surface area contributed by atoms with Gasteiger partial charge >= 0.3 is 0 Å². The maximum Gasteiger partial charge on any atom is 0.234 e. The maximum absolute atomic E-state index is 12.1. The largest absolute Gasteiger partial charge is 0.332 e. The SMILES string of the molecule is Cc1cc(C)c(NC(=O)CSc2nc3ncccc3[nH]2)c(Cl)c1. The number of nitrogens with one attached hydrogen (secondary N) is 2. The number of carbonyl (C=O) groups is 1. The molecule has 0 fully saturated rings. The molecule has 0 unspecified atom stereocenters. The Kier molecular flexibility index (Phi) is 4.54. The minimum atomic E-state index is -0.128. The van der Waals surface area contributed by atoms with E-state index >= 15 is 0 Å². The second-order valence-electron chi connectivity index (χ2n) is 5.19. The molecular weight excluding hydrogens is 332 g/mol. The number of halogens is 1. The van der Waals surface area contributed by atoms with Gasteiger partial charge in [-0.1, -0.05) is 29.4 Å². The molecule has 2 aromatic heterocycles. The van der Waals surface area contributed by atoms with Crippen LogP contribution in [-0.2, 0) is 4.79 Å². The Morgan fingerprint density at radius 3 is 2.96 bits per heavy atom. The van der Waals surface area contributed by atoms with Crippen molar-refractivity contribution in [2.45, 2.75) is 19.0 Å². The summed E-state index contributed by atoms with van der Waals surface area (Å²) in [5, 5.41) is 4.08. The van der Waals surface area contributed by atoms with Gasteiger partial charge in [-0.25, -0.2) is 9.97 Å². The lowest BCUT2D eigenvalue weighted by molar-refractivity contribution is -0.113. The van der Waals surface area contributed by atoms with Crippen LogP contribution in [0.25, 0.3) is 11.2 Å². The molecule has 2 heterocycles. The molecule has 118 valence electrons. The third-order valence-corrected chi connectivity index (χ3v) is 4.44. The quantitative estimate of drug-likeness (QED) is 0.701. The molecule has 0 aliphatic rings. The van der Waals surface area contributed by atoms with E-state index in [2.05, 4.69) is 20.3 Å². The van der Waals surface area contributed by atoms with Crippen molar-refractivity contribution in [2.24, 2.45) is 0 Å². The van der Waals surface area contributed by atoms with Gasteiger partial charge in [-0.15, -0.1) is 0 Å². The first kappa shape index (κ1) is 15.8. The van der Waals surface area contributed by atoms with Crippen molar-refractivity contribution in [3.05, 3.63) is 46.6 Å². The van der Waals surface area contributed by atoms with Gasteiger partial charge in [-0.3, -0.25) is 4.79 Å². The number of H-pyrrole nitrogens is 1. The molecular formula is C16H15ClN4OS. The molecule has 23 heavy (non-hydrogen) atoms. The van der Waals surface area contributed by atoms with Crippen molar-refractivity contribution in [1.82, 2.24) is 15.0 Å². The number of fused-ring (bicyclic) bond motifs is 1. The van der Waals surface area contributed by atoms with Crippen molar-refractivity contribution in [3.8, 4) is 0 Å². The summed E-state index contributed by atoms with van der Waals surface area (Å²) >= 11 is 7.53. The molecule has 5 nitrogen and oxygen atoms in total. The van der Waals surface area contributed by atoms with Crippen molar-refractivity contribution >= 4 is 46.1 Å². The number of aromatic nitrogens is 3. The molecule has 3 aromatic rings. The fourth-order valence-electron chi connectivity index (χ4n) is 2.27. The van der Waals surface area contributed by atoms with Crippen molar-refractivity contribution in [2.75, 3.05) is 11.1 Å². The first-order chi connectivity index (χ1) is 11.0. The second kappa shape index (κ2) is 6.60. The van der Waals surface area contributed by atoms with Crippen LogP contribution in [0.2, 0.25) is 5.02 Å². The summed E-state index contributed by atoms with van der Waals surface area (Å²) in [6.45, 7) is 3.89. The third-order valence-electron chi connectivity index (χ3n) is 3.27. The minimum Gasteiger partial charge on any atom is -0.332 e. The van der Waals surface area contributed by atoms with Crippen LogP contribution in [0.4, 0.5) is 5.69 Å². The highest BCUT2D eigenvalue weighted by Gasteiger charge is 2.11. The van der Waals surface area contributed by atoms with Crippen LogP contribution >= 0.6 is 23.4 Å². The lowest BCUT2D eigenvalue weighted by Gasteiger charge is -2.11. The number of hydrogen-bond acceptors (Lipinski definition) is 4. The van der Waals surface area contributed by atoms with Gasteiger partial charge in [0.2, 0.25) is 5.91 Å². The standard InChI is InChI=1S/C16H15ClN4OS/c1-9-6-10(2)14(11(17)7-9)20-13(22)8-23-16-19-12-4-3-5-18-15(12)21-16/h3-7H,8H2,1-2H3,(H,20,22)(H,18,19,21). The van der Waals surface area contributed by atoms with Gasteiger partial charge in [0.05, 0.1) is 22.0 Å². The fourth-order valence-corrected chi connectivity index (χ4v) is 3.32. The number of amides is 1. The van der Waals surface area contributed by atoms with Crippen molar-refractivity contribution < 1.29 is 4.79 Å². The first-order valence-electron chi connectivity index (χ1n) is 7.03. The predicted molar refractivity (Wildman–Crippen MR) is 94.2 cm³/mol. The summed E-state index contributed by atoms with van der Waals surface area (Å²) in [4.78, 5) is 23.8. The highest BCUT2D eigenvalue weighted by atomic mass is 35.5. The zero-order valence-electron chi connectivity index (χ0n) is 12.7. The summed E-state index contributed by atoms with van der Waals surface area (Å²) in [7, 11) is 0. The van der Waals surface area contributed by atoms with Crippen LogP contribution in [0.3, 0.4) is 0 Å². The van der Waals surface area contributed by atoms with E-state index in [0.29, 0.717) is 21.5 Å². The van der Waals surface area contributed by atoms with Gasteiger partial charge < -0.3 is 10.3 Å². The highest BCUT2D eigenvalue weighted by Crippen LogP contribution is 2.27. The molecule has 1 aromatic carbocycles. The number of thioether (sulfide) groups is 1. The Morgan fingerprint density at radius 1 is 1.39 bits per heavy atom. The smallest absolute Gasteiger partial charge is 0.234 e. The summed E-state index contributed by atoms with van der Waals surface area (Å²) in [5.41, 5.74) is 4.17. The van der Waals surface area contributed by atoms with Crippen molar-refractivity contribution in [3.63, 3.8) is 0 Å². The van der Waals surface area contributed by atoms with E-state index < -0.39 is 0 Å². The van der Waals surface area contributed by atoms with Gasteiger partial charge in [0.15, 0.2) is 10.8 Å². The number of imidazole rings is 1. The molecule has 0 aliphatic carbocycles. The number of nitrogens with zero attached hydrogens (tertiary/aromatic N) is 2. The van der Waals surface area contributed by atoms with E-state index in [1.54, 1.807) is 6.20 Å². The molecule has 0 aliphatic heterocycles. The van der Waals surface area contributed by atoms with E-state index in [9.17, 15) is 4.79 Å². The van der Waals surface area contributed by atoms with Gasteiger partial charge in [0, 0.05) is 6.20 Å². The summed E-state index contributed by atoms with van der Waals surface area (Å²) in [6, 6.07) is 7.56. The molecule has 0 saturated carbocycles. The lowest BCUT2D eigenvalue weighted by Crippen LogP contribution is -2.15. The molecule has 0 atom stereocenters. The molecule has 7 heteroatoms. The monoisotopic (exact) mass is 346 g/mol. The van der Waals surface area contributed by atoms with Crippen LogP contribution in [0.15, 0.2) is 35.6 Å². The van der Waals surface area contributed by atoms with Gasteiger partial charge in [-0.2, -0.15) is 0 Å². The van der Waals surface area contributed by atoms with Gasteiger partial charge in [-0.05, 0) is 43.2 Å². The molecule has 0 bridgehead atoms. The van der Waals surface area contributed by atoms with Crippen LogP contribution in [0, 0.1) is 13.8 Å². The van der Waals surface area contributed by atoms with E-state index in [-0.39, 0.29) is 11.7 Å². The van der Waals surface area contributed by atoms with E-state index in [4.69, 9.17) is 11.6 Å². The maximum atomic E-state index is 12.1. The normalized spacial score (nSPS) is 10.9. The first-order valence-corrected chi connectivity index (χ1v) is 8.39. The molecule has 1 amide bonds. The van der Waals surface area contributed by atoms with Crippen LogP contribution < -0.4 is 5.32 Å². The predicted octanol–water partition coefficient (Wildman–Crippen LogP) is 3.96. The summed E-state index contributed by atoms with van der Waals surface area (Å²) in [5.74, 6) is 0.112. The van der Waals surface area contributed by atoms with E-state index in [1.807, 2.05) is 38.1 Å². The number of benzene rings is 1. The number of aryl methyl sites for hydroxylation is 2. The number of aromatic amines is 1. The zero-order chi connectivity index (χ0) is 16.4. The van der Waals surface area contributed by atoms with Gasteiger partial charge in [0.25, 0.3) is 0 Å². The molecule has 2 N–H and O–H groups in total. The topological polar surface area (TPSA) is 70.7 Å². The number of pyridine rings is 1. The third kappa shape index (κ3) is 3.65. The Morgan fingerprint density at radius 2 is 2.22 bits per heavy atom. The van der Waals surface area contributed by atoms with Crippen LogP contribution in [-0.4, -0.2) is 26.6 Å². The minimum absolute atomic E-state index is 0.128. The average molecular weight is 347 g/mol. The Labute approximate surface area is 142 Å².